The molecule has 0 aromatic carbocycles. The number of aliphatic carboxylic acids is 1. The molecule has 2 heterocycles. The average Bonchev–Trinajstić information content (AvgIpc) is 2.95. The lowest BCUT2D eigenvalue weighted by atomic mass is 10.0. The van der Waals surface area contributed by atoms with E-state index in [2.05, 4.69) is 4.90 Å². The van der Waals surface area contributed by atoms with Crippen molar-refractivity contribution >= 4 is 11.9 Å². The van der Waals surface area contributed by atoms with Crippen molar-refractivity contribution in [2.45, 2.75) is 57.2 Å². The van der Waals surface area contributed by atoms with Gasteiger partial charge in [0.25, 0.3) is 0 Å². The molecule has 0 aromatic heterocycles. The van der Waals surface area contributed by atoms with Gasteiger partial charge in [-0.3, -0.25) is 14.5 Å². The number of hydrogen-bond donors (Lipinski definition) is 2. The lowest BCUT2D eigenvalue weighted by molar-refractivity contribution is -0.144. The first-order valence-electron chi connectivity index (χ1n) is 7.57. The smallest absolute Gasteiger partial charge is 0.320 e. The number of rotatable bonds is 4. The van der Waals surface area contributed by atoms with Crippen LogP contribution in [0.15, 0.2) is 0 Å². The maximum Gasteiger partial charge on any atom is 0.320 e. The van der Waals surface area contributed by atoms with Crippen LogP contribution < -0.4 is 5.73 Å². The second-order valence-electron chi connectivity index (χ2n) is 5.81. The molecule has 2 saturated heterocycles. The van der Waals surface area contributed by atoms with Gasteiger partial charge in [-0.25, -0.2) is 0 Å². The van der Waals surface area contributed by atoms with E-state index in [0.29, 0.717) is 25.6 Å². The maximum atomic E-state index is 12.0. The van der Waals surface area contributed by atoms with E-state index in [-0.39, 0.29) is 11.9 Å². The van der Waals surface area contributed by atoms with Gasteiger partial charge in [0.2, 0.25) is 5.91 Å². The SMILES string of the molecule is CCC(N)C(=O)N1CCC(N2CCCC2C(=O)O)CC1. The highest BCUT2D eigenvalue weighted by Gasteiger charge is 2.37. The van der Waals surface area contributed by atoms with Crippen LogP contribution in [-0.4, -0.2) is 64.5 Å². The summed E-state index contributed by atoms with van der Waals surface area (Å²) in [7, 11) is 0. The zero-order valence-electron chi connectivity index (χ0n) is 12.1. The largest absolute Gasteiger partial charge is 0.480 e. The van der Waals surface area contributed by atoms with Crippen LogP contribution in [0.1, 0.15) is 39.0 Å². The van der Waals surface area contributed by atoms with E-state index in [1.165, 1.54) is 0 Å². The summed E-state index contributed by atoms with van der Waals surface area (Å²) in [6.07, 6.45) is 4.07. The second-order valence-corrected chi connectivity index (χ2v) is 5.81. The van der Waals surface area contributed by atoms with E-state index in [0.717, 1.165) is 32.2 Å². The summed E-state index contributed by atoms with van der Waals surface area (Å²) < 4.78 is 0. The van der Waals surface area contributed by atoms with Gasteiger partial charge >= 0.3 is 5.97 Å². The Bertz CT molecular complexity index is 367. The third-order valence-electron chi connectivity index (χ3n) is 4.58. The fraction of sp³-hybridized carbons (Fsp3) is 0.857. The van der Waals surface area contributed by atoms with Gasteiger partial charge in [0.15, 0.2) is 0 Å². The molecule has 3 N–H and O–H groups in total. The summed E-state index contributed by atoms with van der Waals surface area (Å²) in [5.74, 6) is -0.684. The van der Waals surface area contributed by atoms with Crippen molar-refractivity contribution < 1.29 is 14.7 Å². The molecule has 2 unspecified atom stereocenters. The van der Waals surface area contributed by atoms with Crippen LogP contribution in [-0.2, 0) is 9.59 Å². The number of likely N-dealkylation sites (tertiary alicyclic amines) is 2. The van der Waals surface area contributed by atoms with Crippen molar-refractivity contribution in [1.82, 2.24) is 9.80 Å². The topological polar surface area (TPSA) is 86.9 Å². The van der Waals surface area contributed by atoms with Crippen LogP contribution >= 0.6 is 0 Å². The van der Waals surface area contributed by atoms with E-state index < -0.39 is 12.0 Å². The molecule has 0 radical (unpaired) electrons. The Labute approximate surface area is 119 Å². The number of nitrogens with zero attached hydrogens (tertiary/aromatic N) is 2. The Morgan fingerprint density at radius 3 is 2.45 bits per heavy atom. The molecule has 0 spiro atoms. The van der Waals surface area contributed by atoms with Gasteiger partial charge in [-0.1, -0.05) is 6.92 Å². The van der Waals surface area contributed by atoms with E-state index in [4.69, 9.17) is 5.73 Å². The summed E-state index contributed by atoms with van der Waals surface area (Å²) in [5, 5.41) is 9.24. The van der Waals surface area contributed by atoms with E-state index in [1.54, 1.807) is 0 Å². The molecule has 2 atom stereocenters. The standard InChI is InChI=1S/C14H25N3O3/c1-2-11(15)13(18)16-8-5-10(6-9-16)17-7-3-4-12(17)14(19)20/h10-12H,2-9,15H2,1H3,(H,19,20). The minimum absolute atomic E-state index is 0.0298. The van der Waals surface area contributed by atoms with Gasteiger partial charge in [-0.2, -0.15) is 0 Å². The number of carboxylic acids is 1. The van der Waals surface area contributed by atoms with E-state index >= 15 is 0 Å². The number of hydrogen-bond acceptors (Lipinski definition) is 4. The first-order chi connectivity index (χ1) is 9.54. The molecular weight excluding hydrogens is 258 g/mol. The van der Waals surface area contributed by atoms with Crippen molar-refractivity contribution in [3.63, 3.8) is 0 Å². The van der Waals surface area contributed by atoms with Gasteiger partial charge in [0.1, 0.15) is 6.04 Å². The monoisotopic (exact) mass is 283 g/mol. The molecule has 2 aliphatic rings. The molecule has 2 aliphatic heterocycles. The Morgan fingerprint density at radius 1 is 1.25 bits per heavy atom. The van der Waals surface area contributed by atoms with Crippen LogP contribution in [0.25, 0.3) is 0 Å². The molecule has 2 fully saturated rings. The van der Waals surface area contributed by atoms with Crippen molar-refractivity contribution in [3.8, 4) is 0 Å². The second kappa shape index (κ2) is 6.54. The van der Waals surface area contributed by atoms with E-state index in [9.17, 15) is 14.7 Å². The zero-order valence-corrected chi connectivity index (χ0v) is 12.1. The van der Waals surface area contributed by atoms with Gasteiger partial charge in [-0.05, 0) is 38.6 Å². The fourth-order valence-corrected chi connectivity index (χ4v) is 3.32. The zero-order chi connectivity index (χ0) is 14.7. The molecule has 1 amide bonds. The Morgan fingerprint density at radius 2 is 1.90 bits per heavy atom. The minimum atomic E-state index is -0.714. The molecule has 0 aromatic rings. The van der Waals surface area contributed by atoms with Crippen LogP contribution in [0, 0.1) is 0 Å². The first-order valence-corrected chi connectivity index (χ1v) is 7.57. The molecule has 114 valence electrons. The minimum Gasteiger partial charge on any atom is -0.480 e. The van der Waals surface area contributed by atoms with Crippen LogP contribution in [0.4, 0.5) is 0 Å². The van der Waals surface area contributed by atoms with Crippen molar-refractivity contribution in [3.05, 3.63) is 0 Å². The molecule has 0 saturated carbocycles. The van der Waals surface area contributed by atoms with Crippen molar-refractivity contribution in [1.29, 1.82) is 0 Å². The number of nitrogens with two attached hydrogens (primary N) is 1. The van der Waals surface area contributed by atoms with Gasteiger partial charge in [-0.15, -0.1) is 0 Å². The number of carboxylic acid groups (broad SMARTS) is 1. The quantitative estimate of drug-likeness (QED) is 0.773. The highest BCUT2D eigenvalue weighted by molar-refractivity contribution is 5.81. The van der Waals surface area contributed by atoms with Gasteiger partial charge in [0.05, 0.1) is 6.04 Å². The fourth-order valence-electron chi connectivity index (χ4n) is 3.32. The summed E-state index contributed by atoms with van der Waals surface area (Å²) >= 11 is 0. The van der Waals surface area contributed by atoms with Gasteiger partial charge in [0, 0.05) is 19.1 Å². The number of piperidine rings is 1. The summed E-state index contributed by atoms with van der Waals surface area (Å²) in [5.41, 5.74) is 5.79. The number of amides is 1. The predicted molar refractivity (Wildman–Crippen MR) is 75.2 cm³/mol. The summed E-state index contributed by atoms with van der Waals surface area (Å²) in [4.78, 5) is 27.2. The van der Waals surface area contributed by atoms with E-state index in [1.807, 2.05) is 11.8 Å². The lowest BCUT2D eigenvalue weighted by Crippen LogP contribution is -2.52. The Kier molecular flexibility index (Phi) is 4.99. The molecule has 0 bridgehead atoms. The lowest BCUT2D eigenvalue weighted by Gasteiger charge is -2.39. The maximum absolute atomic E-state index is 12.0. The third kappa shape index (κ3) is 3.12. The predicted octanol–water partition coefficient (Wildman–Crippen LogP) is 0.264. The third-order valence-corrected chi connectivity index (χ3v) is 4.58. The van der Waals surface area contributed by atoms with Crippen LogP contribution in [0.5, 0.6) is 0 Å². The number of carbonyl (C=O) groups is 2. The molecule has 0 aliphatic carbocycles. The Hall–Kier alpha value is -1.14. The molecule has 6 nitrogen and oxygen atoms in total. The Balaban J connectivity index is 1.88. The van der Waals surface area contributed by atoms with Crippen LogP contribution in [0.3, 0.4) is 0 Å². The van der Waals surface area contributed by atoms with Crippen molar-refractivity contribution in [2.75, 3.05) is 19.6 Å². The summed E-state index contributed by atoms with van der Waals surface area (Å²) in [6, 6.07) is -0.439. The molecular formula is C14H25N3O3. The van der Waals surface area contributed by atoms with Crippen molar-refractivity contribution in [2.24, 2.45) is 5.73 Å². The number of carbonyl (C=O) groups excluding carboxylic acids is 1. The molecule has 6 heteroatoms. The molecule has 2 rings (SSSR count). The first kappa shape index (κ1) is 15.3. The normalized spacial score (nSPS) is 26.7. The summed E-state index contributed by atoms with van der Waals surface area (Å²) in [6.45, 7) is 4.17. The average molecular weight is 283 g/mol. The highest BCUT2D eigenvalue weighted by Crippen LogP contribution is 2.26. The highest BCUT2D eigenvalue weighted by atomic mass is 16.4. The van der Waals surface area contributed by atoms with Gasteiger partial charge < -0.3 is 15.7 Å². The molecule has 20 heavy (non-hydrogen) atoms. The van der Waals surface area contributed by atoms with Crippen LogP contribution in [0.2, 0.25) is 0 Å².